The van der Waals surface area contributed by atoms with E-state index in [9.17, 15) is 4.79 Å². The van der Waals surface area contributed by atoms with Crippen molar-refractivity contribution in [2.24, 2.45) is 11.8 Å². The van der Waals surface area contributed by atoms with E-state index in [4.69, 9.17) is 28.4 Å². The molecule has 9 atom stereocenters. The molecular formula is C20H30O7. The molecule has 3 heterocycles. The maximum Gasteiger partial charge on any atom is 0.338 e. The molecule has 1 aliphatic carbocycles. The van der Waals surface area contributed by atoms with Crippen LogP contribution in [-0.4, -0.2) is 55.4 Å². The molecule has 0 bridgehead atoms. The van der Waals surface area contributed by atoms with Crippen molar-refractivity contribution < 1.29 is 33.2 Å². The first kappa shape index (κ1) is 19.3. The minimum Gasteiger partial charge on any atom is -0.454 e. The van der Waals surface area contributed by atoms with E-state index >= 15 is 0 Å². The van der Waals surface area contributed by atoms with Crippen LogP contribution in [0, 0.1) is 11.8 Å². The van der Waals surface area contributed by atoms with Crippen LogP contribution in [0.3, 0.4) is 0 Å². The summed E-state index contributed by atoms with van der Waals surface area (Å²) in [5.41, 5.74) is 1.23. The van der Waals surface area contributed by atoms with E-state index in [0.29, 0.717) is 6.61 Å². The molecule has 4 aliphatic rings. The molecule has 1 spiro atoms. The summed E-state index contributed by atoms with van der Waals surface area (Å²) >= 11 is 0. The van der Waals surface area contributed by atoms with Crippen molar-refractivity contribution in [3.05, 3.63) is 12.2 Å². The van der Waals surface area contributed by atoms with Gasteiger partial charge in [0, 0.05) is 18.4 Å². The van der Waals surface area contributed by atoms with Gasteiger partial charge in [0.15, 0.2) is 36.7 Å². The number of carbonyl (C=O) groups excluding carboxylic acids is 1. The zero-order chi connectivity index (χ0) is 19.3. The zero-order valence-electron chi connectivity index (χ0n) is 16.5. The summed E-state index contributed by atoms with van der Waals surface area (Å²) in [5.74, 6) is -0.765. The largest absolute Gasteiger partial charge is 0.454 e. The van der Waals surface area contributed by atoms with Gasteiger partial charge in [0.2, 0.25) is 0 Å². The quantitative estimate of drug-likeness (QED) is 0.411. The van der Waals surface area contributed by atoms with Crippen molar-refractivity contribution in [1.82, 2.24) is 0 Å². The van der Waals surface area contributed by atoms with E-state index in [1.54, 1.807) is 6.92 Å². The average molecular weight is 382 g/mol. The highest BCUT2D eigenvalue weighted by molar-refractivity contribution is 5.78. The van der Waals surface area contributed by atoms with Gasteiger partial charge in [-0.25, -0.2) is 4.79 Å². The topological polar surface area (TPSA) is 72.5 Å². The molecule has 0 radical (unpaired) electrons. The molecule has 4 fully saturated rings. The van der Waals surface area contributed by atoms with Gasteiger partial charge in [-0.2, -0.15) is 0 Å². The summed E-state index contributed by atoms with van der Waals surface area (Å²) in [7, 11) is 0. The van der Waals surface area contributed by atoms with Crippen LogP contribution in [0.1, 0.15) is 47.0 Å². The standard InChI is InChI=1S/C20H30O7/c1-6-13-9-10(3)8-11(4)20(13)26-17-15-14(25-19(17)27-20)16(18(21)24-15)23-12(5)22-7-2/h11-17,19H,3,6-9H2,1-2,4-5H3. The second kappa shape index (κ2) is 7.12. The summed E-state index contributed by atoms with van der Waals surface area (Å²) < 4.78 is 35.6. The average Bonchev–Trinajstić information content (AvgIpc) is 3.22. The van der Waals surface area contributed by atoms with Gasteiger partial charge in [0.1, 0.15) is 6.10 Å². The molecule has 152 valence electrons. The molecule has 3 saturated heterocycles. The number of hydrogen-bond donors (Lipinski definition) is 0. The van der Waals surface area contributed by atoms with Crippen LogP contribution < -0.4 is 0 Å². The van der Waals surface area contributed by atoms with Crippen molar-refractivity contribution in [2.75, 3.05) is 6.61 Å². The molecule has 0 N–H and O–H groups in total. The van der Waals surface area contributed by atoms with Crippen molar-refractivity contribution in [3.8, 4) is 0 Å². The highest BCUT2D eigenvalue weighted by Crippen LogP contribution is 2.53. The van der Waals surface area contributed by atoms with E-state index in [1.807, 2.05) is 6.92 Å². The molecule has 9 unspecified atom stereocenters. The summed E-state index contributed by atoms with van der Waals surface area (Å²) in [6, 6.07) is 0. The van der Waals surface area contributed by atoms with E-state index in [1.165, 1.54) is 5.57 Å². The zero-order valence-corrected chi connectivity index (χ0v) is 16.5. The molecule has 3 aliphatic heterocycles. The highest BCUT2D eigenvalue weighted by Gasteiger charge is 2.67. The summed E-state index contributed by atoms with van der Waals surface area (Å²) in [6.45, 7) is 12.6. The van der Waals surface area contributed by atoms with E-state index in [0.717, 1.165) is 19.3 Å². The van der Waals surface area contributed by atoms with Crippen molar-refractivity contribution in [3.63, 3.8) is 0 Å². The fraction of sp³-hybridized carbons (Fsp3) is 0.850. The molecule has 7 nitrogen and oxygen atoms in total. The normalized spacial score (nSPS) is 47.2. The van der Waals surface area contributed by atoms with Crippen LogP contribution in [0.25, 0.3) is 0 Å². The van der Waals surface area contributed by atoms with Gasteiger partial charge in [-0.05, 0) is 33.1 Å². The number of fused-ring (bicyclic) bond motifs is 3. The van der Waals surface area contributed by atoms with Gasteiger partial charge in [-0.1, -0.05) is 26.0 Å². The van der Waals surface area contributed by atoms with Gasteiger partial charge in [-0.15, -0.1) is 0 Å². The predicted molar refractivity (Wildman–Crippen MR) is 94.5 cm³/mol. The maximum absolute atomic E-state index is 12.3. The van der Waals surface area contributed by atoms with Gasteiger partial charge in [0.05, 0.1) is 0 Å². The lowest BCUT2D eigenvalue weighted by atomic mass is 9.73. The molecule has 0 aromatic carbocycles. The van der Waals surface area contributed by atoms with Gasteiger partial charge in [-0.3, -0.25) is 0 Å². The van der Waals surface area contributed by atoms with Crippen LogP contribution in [0.5, 0.6) is 0 Å². The minimum absolute atomic E-state index is 0.165. The van der Waals surface area contributed by atoms with Crippen LogP contribution in [0.2, 0.25) is 0 Å². The Morgan fingerprint density at radius 2 is 2.00 bits per heavy atom. The minimum atomic E-state index is -0.823. The Kier molecular flexibility index (Phi) is 5.10. The fourth-order valence-electron chi connectivity index (χ4n) is 5.02. The Hall–Kier alpha value is -0.990. The second-order valence-electron chi connectivity index (χ2n) is 8.04. The van der Waals surface area contributed by atoms with Crippen LogP contribution >= 0.6 is 0 Å². The molecule has 7 heteroatoms. The molecule has 0 aromatic heterocycles. The summed E-state index contributed by atoms with van der Waals surface area (Å²) in [6.07, 6.45) is -0.714. The number of esters is 1. The molecule has 0 amide bonds. The number of ether oxygens (including phenoxy) is 6. The molecule has 0 aromatic rings. The first-order chi connectivity index (χ1) is 12.9. The number of allylic oxidation sites excluding steroid dienone is 1. The van der Waals surface area contributed by atoms with Gasteiger partial charge >= 0.3 is 5.97 Å². The van der Waals surface area contributed by atoms with E-state index in [-0.39, 0.29) is 11.8 Å². The number of hydrogen-bond acceptors (Lipinski definition) is 7. The lowest BCUT2D eigenvalue weighted by molar-refractivity contribution is -0.289. The lowest BCUT2D eigenvalue weighted by Crippen LogP contribution is -2.50. The monoisotopic (exact) mass is 382 g/mol. The Bertz CT molecular complexity index is 607. The number of carbonyl (C=O) groups is 1. The lowest BCUT2D eigenvalue weighted by Gasteiger charge is -2.45. The van der Waals surface area contributed by atoms with Crippen molar-refractivity contribution in [1.29, 1.82) is 0 Å². The third kappa shape index (κ3) is 3.04. The van der Waals surface area contributed by atoms with E-state index in [2.05, 4.69) is 20.4 Å². The maximum atomic E-state index is 12.3. The number of rotatable bonds is 5. The van der Waals surface area contributed by atoms with Crippen LogP contribution in [-0.2, 0) is 33.2 Å². The van der Waals surface area contributed by atoms with Crippen LogP contribution in [0.15, 0.2) is 12.2 Å². The van der Waals surface area contributed by atoms with Gasteiger partial charge < -0.3 is 28.4 Å². The Morgan fingerprint density at radius 1 is 1.22 bits per heavy atom. The molecular weight excluding hydrogens is 352 g/mol. The Labute approximate surface area is 160 Å². The smallest absolute Gasteiger partial charge is 0.338 e. The van der Waals surface area contributed by atoms with Crippen molar-refractivity contribution >= 4 is 5.97 Å². The summed E-state index contributed by atoms with van der Waals surface area (Å²) in [5, 5.41) is 0. The Morgan fingerprint density at radius 3 is 2.70 bits per heavy atom. The van der Waals surface area contributed by atoms with E-state index < -0.39 is 48.8 Å². The van der Waals surface area contributed by atoms with Gasteiger partial charge in [0.25, 0.3) is 0 Å². The SMILES string of the molecule is C=C1CC(C)C2(OC3OC4C(OC(C)OCC)C(=O)OC4C3O2)C(CC)C1. The fourth-order valence-corrected chi connectivity index (χ4v) is 5.02. The van der Waals surface area contributed by atoms with Crippen molar-refractivity contribution in [2.45, 2.75) is 89.7 Å². The Balaban J connectivity index is 1.50. The second-order valence-corrected chi connectivity index (χ2v) is 8.04. The molecule has 1 saturated carbocycles. The third-order valence-corrected chi connectivity index (χ3v) is 6.23. The molecule has 4 rings (SSSR count). The predicted octanol–water partition coefficient (Wildman–Crippen LogP) is 2.53. The first-order valence-corrected chi connectivity index (χ1v) is 10.0. The summed E-state index contributed by atoms with van der Waals surface area (Å²) in [4.78, 5) is 12.3. The van der Waals surface area contributed by atoms with Crippen LogP contribution in [0.4, 0.5) is 0 Å². The molecule has 27 heavy (non-hydrogen) atoms. The first-order valence-electron chi connectivity index (χ1n) is 10.0. The third-order valence-electron chi connectivity index (χ3n) is 6.23. The highest BCUT2D eigenvalue weighted by atomic mass is 16.9.